The second kappa shape index (κ2) is 3.09. The van der Waals surface area contributed by atoms with Gasteiger partial charge in [0.1, 0.15) is 5.75 Å². The van der Waals surface area contributed by atoms with Crippen molar-refractivity contribution < 1.29 is 4.74 Å². The molecular weight excluding hydrogens is 216 g/mol. The summed E-state index contributed by atoms with van der Waals surface area (Å²) >= 11 is 3.66. The summed E-state index contributed by atoms with van der Waals surface area (Å²) in [7, 11) is 0. The predicted molar refractivity (Wildman–Crippen MR) is 53.0 cm³/mol. The van der Waals surface area contributed by atoms with Crippen LogP contribution in [-0.2, 0) is 0 Å². The number of alkyl halides is 1. The van der Waals surface area contributed by atoms with Gasteiger partial charge in [0.15, 0.2) is 0 Å². The molecule has 1 unspecified atom stereocenters. The fourth-order valence-electron chi connectivity index (χ4n) is 1.60. The molecule has 0 saturated carbocycles. The summed E-state index contributed by atoms with van der Waals surface area (Å²) in [4.78, 5) is 0.474. The predicted octanol–water partition coefficient (Wildman–Crippen LogP) is 3.21. The first-order valence-corrected chi connectivity index (χ1v) is 5.07. The normalized spacial score (nSPS) is 21.3. The second-order valence-corrected chi connectivity index (χ2v) is 4.20. The van der Waals surface area contributed by atoms with Crippen molar-refractivity contribution in [2.45, 2.75) is 18.2 Å². The van der Waals surface area contributed by atoms with E-state index in [1.165, 1.54) is 11.1 Å². The van der Waals surface area contributed by atoms with Crippen LogP contribution in [0.5, 0.6) is 5.75 Å². The Kier molecular flexibility index (Phi) is 2.09. The van der Waals surface area contributed by atoms with E-state index in [2.05, 4.69) is 28.9 Å². The lowest BCUT2D eigenvalue weighted by molar-refractivity contribution is 0.287. The molecule has 0 radical (unpaired) electrons. The SMILES string of the molecule is Cc1cccc2c1C(Br)CCO2. The van der Waals surface area contributed by atoms with Crippen molar-refractivity contribution in [2.75, 3.05) is 6.61 Å². The quantitative estimate of drug-likeness (QED) is 0.618. The molecule has 0 bridgehead atoms. The Labute approximate surface area is 80.9 Å². The molecule has 1 atom stereocenters. The number of hydrogen-bond acceptors (Lipinski definition) is 1. The smallest absolute Gasteiger partial charge is 0.123 e. The Balaban J connectivity index is 2.53. The van der Waals surface area contributed by atoms with E-state index in [1.54, 1.807) is 0 Å². The molecule has 0 amide bonds. The maximum absolute atomic E-state index is 5.54. The monoisotopic (exact) mass is 226 g/mol. The first kappa shape index (κ1) is 8.11. The van der Waals surface area contributed by atoms with E-state index in [9.17, 15) is 0 Å². The van der Waals surface area contributed by atoms with Crippen LogP contribution in [-0.4, -0.2) is 6.61 Å². The topological polar surface area (TPSA) is 9.23 Å². The number of fused-ring (bicyclic) bond motifs is 1. The lowest BCUT2D eigenvalue weighted by atomic mass is 10.0. The van der Waals surface area contributed by atoms with Crippen molar-refractivity contribution in [1.82, 2.24) is 0 Å². The lowest BCUT2D eigenvalue weighted by Gasteiger charge is -2.23. The largest absolute Gasteiger partial charge is 0.493 e. The average molecular weight is 227 g/mol. The molecule has 12 heavy (non-hydrogen) atoms. The van der Waals surface area contributed by atoms with Gasteiger partial charge in [0.25, 0.3) is 0 Å². The molecule has 0 fully saturated rings. The molecule has 0 N–H and O–H groups in total. The highest BCUT2D eigenvalue weighted by Gasteiger charge is 2.19. The zero-order valence-corrected chi connectivity index (χ0v) is 8.60. The molecule has 1 aromatic carbocycles. The molecule has 0 aromatic heterocycles. The molecule has 0 aliphatic carbocycles. The Morgan fingerprint density at radius 3 is 3.08 bits per heavy atom. The van der Waals surface area contributed by atoms with Crippen LogP contribution >= 0.6 is 15.9 Å². The van der Waals surface area contributed by atoms with Crippen LogP contribution < -0.4 is 4.74 Å². The zero-order valence-electron chi connectivity index (χ0n) is 7.01. The number of ether oxygens (including phenoxy) is 1. The average Bonchev–Trinajstić information content (AvgIpc) is 2.04. The molecule has 0 saturated heterocycles. The van der Waals surface area contributed by atoms with Gasteiger partial charge in [0, 0.05) is 10.4 Å². The van der Waals surface area contributed by atoms with Crippen LogP contribution in [0.4, 0.5) is 0 Å². The van der Waals surface area contributed by atoms with Gasteiger partial charge >= 0.3 is 0 Å². The Bertz CT molecular complexity index is 296. The molecule has 64 valence electrons. The van der Waals surface area contributed by atoms with Crippen LogP contribution in [0, 0.1) is 6.92 Å². The van der Waals surface area contributed by atoms with Crippen molar-refractivity contribution in [3.63, 3.8) is 0 Å². The lowest BCUT2D eigenvalue weighted by Crippen LogP contribution is -2.11. The van der Waals surface area contributed by atoms with Gasteiger partial charge in [0.2, 0.25) is 0 Å². The van der Waals surface area contributed by atoms with Gasteiger partial charge in [-0.1, -0.05) is 28.1 Å². The van der Waals surface area contributed by atoms with Gasteiger partial charge in [-0.05, 0) is 25.0 Å². The summed E-state index contributed by atoms with van der Waals surface area (Å²) < 4.78 is 5.54. The highest BCUT2D eigenvalue weighted by molar-refractivity contribution is 9.09. The van der Waals surface area contributed by atoms with E-state index in [0.29, 0.717) is 4.83 Å². The summed E-state index contributed by atoms with van der Waals surface area (Å²) in [6.07, 6.45) is 1.07. The van der Waals surface area contributed by atoms with Crippen LogP contribution in [0.25, 0.3) is 0 Å². The minimum atomic E-state index is 0.474. The van der Waals surface area contributed by atoms with Crippen LogP contribution in [0.15, 0.2) is 18.2 Å². The minimum Gasteiger partial charge on any atom is -0.493 e. The van der Waals surface area contributed by atoms with Crippen molar-refractivity contribution in [3.8, 4) is 5.75 Å². The van der Waals surface area contributed by atoms with Crippen LogP contribution in [0.3, 0.4) is 0 Å². The highest BCUT2D eigenvalue weighted by Crippen LogP contribution is 2.39. The number of rotatable bonds is 0. The van der Waals surface area contributed by atoms with Gasteiger partial charge in [-0.2, -0.15) is 0 Å². The van der Waals surface area contributed by atoms with E-state index in [4.69, 9.17) is 4.74 Å². The summed E-state index contributed by atoms with van der Waals surface area (Å²) in [6.45, 7) is 2.95. The molecule has 1 nitrogen and oxygen atoms in total. The molecule has 2 rings (SSSR count). The first-order valence-electron chi connectivity index (χ1n) is 4.15. The summed E-state index contributed by atoms with van der Waals surface area (Å²) in [6, 6.07) is 6.21. The van der Waals surface area contributed by atoms with E-state index in [0.717, 1.165) is 18.8 Å². The van der Waals surface area contributed by atoms with Gasteiger partial charge in [0.05, 0.1) is 6.61 Å². The molecule has 1 aromatic rings. The van der Waals surface area contributed by atoms with E-state index >= 15 is 0 Å². The molecule has 2 heteroatoms. The van der Waals surface area contributed by atoms with Crippen molar-refractivity contribution in [2.24, 2.45) is 0 Å². The first-order chi connectivity index (χ1) is 5.79. The minimum absolute atomic E-state index is 0.474. The number of halogens is 1. The molecule has 1 aliphatic rings. The summed E-state index contributed by atoms with van der Waals surface area (Å²) in [5.41, 5.74) is 2.64. The molecular formula is C10H11BrO. The Morgan fingerprint density at radius 1 is 1.50 bits per heavy atom. The molecule has 1 heterocycles. The molecule has 1 aliphatic heterocycles. The fraction of sp³-hybridized carbons (Fsp3) is 0.400. The number of aryl methyl sites for hydroxylation is 1. The number of hydrogen-bond donors (Lipinski definition) is 0. The molecule has 0 spiro atoms. The van der Waals surface area contributed by atoms with Crippen LogP contribution in [0.1, 0.15) is 22.4 Å². The third kappa shape index (κ3) is 1.24. The van der Waals surface area contributed by atoms with Gasteiger partial charge in [-0.15, -0.1) is 0 Å². The summed E-state index contributed by atoms with van der Waals surface area (Å²) in [5.74, 6) is 1.04. The second-order valence-electron chi connectivity index (χ2n) is 3.09. The van der Waals surface area contributed by atoms with Crippen molar-refractivity contribution in [1.29, 1.82) is 0 Å². The maximum atomic E-state index is 5.54. The van der Waals surface area contributed by atoms with E-state index in [1.807, 2.05) is 12.1 Å². The van der Waals surface area contributed by atoms with Gasteiger partial charge in [-0.3, -0.25) is 0 Å². The third-order valence-electron chi connectivity index (χ3n) is 2.23. The highest BCUT2D eigenvalue weighted by atomic mass is 79.9. The van der Waals surface area contributed by atoms with E-state index in [-0.39, 0.29) is 0 Å². The van der Waals surface area contributed by atoms with E-state index < -0.39 is 0 Å². The summed E-state index contributed by atoms with van der Waals surface area (Å²) in [5, 5.41) is 0. The number of benzene rings is 1. The van der Waals surface area contributed by atoms with Gasteiger partial charge in [-0.25, -0.2) is 0 Å². The Hall–Kier alpha value is -0.500. The Morgan fingerprint density at radius 2 is 2.33 bits per heavy atom. The van der Waals surface area contributed by atoms with Crippen LogP contribution in [0.2, 0.25) is 0 Å². The zero-order chi connectivity index (χ0) is 8.55. The fourth-order valence-corrected chi connectivity index (χ4v) is 2.37. The van der Waals surface area contributed by atoms with Crippen molar-refractivity contribution >= 4 is 15.9 Å². The van der Waals surface area contributed by atoms with Crippen molar-refractivity contribution in [3.05, 3.63) is 29.3 Å². The standard InChI is InChI=1S/C10H11BrO/c1-7-3-2-4-9-10(7)8(11)5-6-12-9/h2-4,8H,5-6H2,1H3. The maximum Gasteiger partial charge on any atom is 0.123 e. The third-order valence-corrected chi connectivity index (χ3v) is 3.14. The van der Waals surface area contributed by atoms with Gasteiger partial charge < -0.3 is 4.74 Å².